The van der Waals surface area contributed by atoms with E-state index >= 15 is 0 Å². The van der Waals surface area contributed by atoms with Crippen LogP contribution in [0, 0.1) is 0 Å². The number of halogens is 3. The fourth-order valence-electron chi connectivity index (χ4n) is 3.18. The quantitative estimate of drug-likeness (QED) is 0.390. The van der Waals surface area contributed by atoms with E-state index in [4.69, 9.17) is 4.74 Å². The Bertz CT molecular complexity index is 1260. The van der Waals surface area contributed by atoms with Crippen LogP contribution in [0.3, 0.4) is 0 Å². The fraction of sp³-hybridized carbons (Fsp3) is 0.136. The van der Waals surface area contributed by atoms with E-state index in [0.29, 0.717) is 22.3 Å². The van der Waals surface area contributed by atoms with Crippen molar-refractivity contribution in [3.8, 4) is 17.1 Å². The first-order chi connectivity index (χ1) is 15.9. The highest BCUT2D eigenvalue weighted by Gasteiger charge is 2.33. The van der Waals surface area contributed by atoms with Gasteiger partial charge in [0.05, 0.1) is 29.7 Å². The Balaban J connectivity index is 1.59. The minimum Gasteiger partial charge on any atom is -0.496 e. The standard InChI is InChI=1S/C22H18F3N5O2S/c1-32-18-11-5-2-8-15(18)20-27-28-21(30(20)29-12-6-7-13-29)33-14-19(31)26-17-10-4-3-9-16(17)22(23,24)25/h2-13H,14H2,1H3,(H,26,31). The Labute approximate surface area is 191 Å². The summed E-state index contributed by atoms with van der Waals surface area (Å²) in [6, 6.07) is 15.8. The Kier molecular flexibility index (Phi) is 6.40. The molecule has 2 heterocycles. The van der Waals surface area contributed by atoms with Crippen molar-refractivity contribution in [1.82, 2.24) is 19.5 Å². The molecule has 0 aliphatic heterocycles. The number of para-hydroxylation sites is 2. The molecule has 4 aromatic rings. The molecule has 0 unspecified atom stereocenters. The normalized spacial score (nSPS) is 11.4. The summed E-state index contributed by atoms with van der Waals surface area (Å²) in [5, 5.41) is 11.2. The van der Waals surface area contributed by atoms with Crippen LogP contribution in [0.2, 0.25) is 0 Å². The third-order valence-corrected chi connectivity index (χ3v) is 5.54. The van der Waals surface area contributed by atoms with Crippen molar-refractivity contribution in [1.29, 1.82) is 0 Å². The van der Waals surface area contributed by atoms with E-state index in [-0.39, 0.29) is 11.4 Å². The van der Waals surface area contributed by atoms with Crippen LogP contribution in [-0.4, -0.2) is 38.3 Å². The second-order valence-electron chi connectivity index (χ2n) is 6.76. The molecule has 1 N–H and O–H groups in total. The molecule has 0 aliphatic carbocycles. The number of ether oxygens (including phenoxy) is 1. The van der Waals surface area contributed by atoms with Gasteiger partial charge in [-0.25, -0.2) is 4.68 Å². The molecule has 0 saturated heterocycles. The molecule has 33 heavy (non-hydrogen) atoms. The number of anilines is 1. The summed E-state index contributed by atoms with van der Waals surface area (Å²) in [7, 11) is 1.55. The fourth-order valence-corrected chi connectivity index (χ4v) is 3.91. The largest absolute Gasteiger partial charge is 0.496 e. The van der Waals surface area contributed by atoms with Crippen LogP contribution in [0.15, 0.2) is 78.2 Å². The molecule has 170 valence electrons. The highest BCUT2D eigenvalue weighted by atomic mass is 32.2. The van der Waals surface area contributed by atoms with Crippen LogP contribution >= 0.6 is 11.8 Å². The van der Waals surface area contributed by atoms with Crippen LogP contribution < -0.4 is 10.1 Å². The molecule has 1 amide bonds. The van der Waals surface area contributed by atoms with Gasteiger partial charge in [-0.1, -0.05) is 36.0 Å². The van der Waals surface area contributed by atoms with E-state index < -0.39 is 17.6 Å². The van der Waals surface area contributed by atoms with Gasteiger partial charge in [-0.3, -0.25) is 9.47 Å². The summed E-state index contributed by atoms with van der Waals surface area (Å²) in [6.07, 6.45) is -1.01. The molecule has 0 radical (unpaired) electrons. The summed E-state index contributed by atoms with van der Waals surface area (Å²) >= 11 is 1.05. The van der Waals surface area contributed by atoms with Crippen LogP contribution in [0.1, 0.15) is 5.56 Å². The van der Waals surface area contributed by atoms with E-state index in [2.05, 4.69) is 15.5 Å². The molecule has 2 aromatic heterocycles. The summed E-state index contributed by atoms with van der Waals surface area (Å²) in [5.74, 6) is 0.306. The zero-order valence-electron chi connectivity index (χ0n) is 17.3. The number of alkyl halides is 3. The third kappa shape index (κ3) is 4.87. The first-order valence-corrected chi connectivity index (χ1v) is 10.7. The minimum atomic E-state index is -4.57. The minimum absolute atomic E-state index is 0.169. The predicted octanol–water partition coefficient (Wildman–Crippen LogP) is 4.82. The predicted molar refractivity (Wildman–Crippen MR) is 118 cm³/mol. The number of methoxy groups -OCH3 is 1. The van der Waals surface area contributed by atoms with Crippen molar-refractivity contribution in [2.45, 2.75) is 11.3 Å². The number of nitrogens with zero attached hydrogens (tertiary/aromatic N) is 4. The topological polar surface area (TPSA) is 74.0 Å². The highest BCUT2D eigenvalue weighted by molar-refractivity contribution is 7.99. The summed E-state index contributed by atoms with van der Waals surface area (Å²) in [6.45, 7) is 0. The molecule has 4 rings (SSSR count). The lowest BCUT2D eigenvalue weighted by Crippen LogP contribution is -2.18. The molecule has 0 bridgehead atoms. The van der Waals surface area contributed by atoms with Gasteiger partial charge >= 0.3 is 6.18 Å². The van der Waals surface area contributed by atoms with E-state index in [9.17, 15) is 18.0 Å². The first-order valence-electron chi connectivity index (χ1n) is 9.70. The first kappa shape index (κ1) is 22.5. The zero-order valence-corrected chi connectivity index (χ0v) is 18.1. The number of aromatic nitrogens is 4. The number of nitrogens with one attached hydrogen (secondary N) is 1. The van der Waals surface area contributed by atoms with Crippen molar-refractivity contribution in [3.05, 3.63) is 78.6 Å². The molecule has 11 heteroatoms. The van der Waals surface area contributed by atoms with Crippen LogP contribution in [-0.2, 0) is 11.0 Å². The van der Waals surface area contributed by atoms with E-state index in [1.165, 1.54) is 18.2 Å². The Morgan fingerprint density at radius 2 is 1.73 bits per heavy atom. The van der Waals surface area contributed by atoms with Gasteiger partial charge in [0.1, 0.15) is 5.75 Å². The van der Waals surface area contributed by atoms with Crippen LogP contribution in [0.5, 0.6) is 5.75 Å². The van der Waals surface area contributed by atoms with E-state index in [1.807, 2.05) is 30.3 Å². The Morgan fingerprint density at radius 3 is 2.45 bits per heavy atom. The zero-order chi connectivity index (χ0) is 23.4. The second-order valence-corrected chi connectivity index (χ2v) is 7.70. The number of thioether (sulfide) groups is 1. The average Bonchev–Trinajstić information content (AvgIpc) is 3.47. The van der Waals surface area contributed by atoms with Crippen molar-refractivity contribution < 1.29 is 22.7 Å². The van der Waals surface area contributed by atoms with Gasteiger partial charge in [-0.2, -0.15) is 13.2 Å². The SMILES string of the molecule is COc1ccccc1-c1nnc(SCC(=O)Nc2ccccc2C(F)(F)F)n1-n1cccc1. The maximum atomic E-state index is 13.2. The monoisotopic (exact) mass is 473 g/mol. The molecular weight excluding hydrogens is 455 g/mol. The lowest BCUT2D eigenvalue weighted by Gasteiger charge is -2.14. The smallest absolute Gasteiger partial charge is 0.418 e. The third-order valence-electron chi connectivity index (χ3n) is 4.62. The number of amides is 1. The van der Waals surface area contributed by atoms with E-state index in [0.717, 1.165) is 17.8 Å². The molecule has 7 nitrogen and oxygen atoms in total. The van der Waals surface area contributed by atoms with Crippen molar-refractivity contribution in [3.63, 3.8) is 0 Å². The van der Waals surface area contributed by atoms with Gasteiger partial charge < -0.3 is 10.1 Å². The average molecular weight is 473 g/mol. The number of carbonyl (C=O) groups is 1. The lowest BCUT2D eigenvalue weighted by molar-refractivity contribution is -0.137. The van der Waals surface area contributed by atoms with Gasteiger partial charge in [0.25, 0.3) is 0 Å². The van der Waals surface area contributed by atoms with Gasteiger partial charge in [0.2, 0.25) is 11.1 Å². The molecule has 2 aromatic carbocycles. The lowest BCUT2D eigenvalue weighted by atomic mass is 10.1. The van der Waals surface area contributed by atoms with Gasteiger partial charge in [0.15, 0.2) is 5.82 Å². The van der Waals surface area contributed by atoms with Gasteiger partial charge in [0, 0.05) is 12.4 Å². The van der Waals surface area contributed by atoms with Crippen molar-refractivity contribution in [2.24, 2.45) is 0 Å². The molecule has 0 atom stereocenters. The summed E-state index contributed by atoms with van der Waals surface area (Å²) in [5.41, 5.74) is -0.508. The molecule has 0 fully saturated rings. The van der Waals surface area contributed by atoms with Crippen LogP contribution in [0.4, 0.5) is 18.9 Å². The number of rotatable bonds is 7. The molecule has 0 spiro atoms. The van der Waals surface area contributed by atoms with E-state index in [1.54, 1.807) is 34.9 Å². The number of hydrogen-bond acceptors (Lipinski definition) is 5. The van der Waals surface area contributed by atoms with Crippen LogP contribution in [0.25, 0.3) is 11.4 Å². The molecule has 0 aliphatic rings. The molecular formula is C22H18F3N5O2S. The summed E-state index contributed by atoms with van der Waals surface area (Å²) < 4.78 is 48.4. The number of hydrogen-bond donors (Lipinski definition) is 1. The molecule has 0 saturated carbocycles. The van der Waals surface area contributed by atoms with Crippen molar-refractivity contribution >= 4 is 23.4 Å². The van der Waals surface area contributed by atoms with Gasteiger partial charge in [-0.15, -0.1) is 10.2 Å². The number of benzene rings is 2. The van der Waals surface area contributed by atoms with Gasteiger partial charge in [-0.05, 0) is 36.4 Å². The second kappa shape index (κ2) is 9.41. The summed E-state index contributed by atoms with van der Waals surface area (Å²) in [4.78, 5) is 12.5. The highest BCUT2D eigenvalue weighted by Crippen LogP contribution is 2.35. The Morgan fingerprint density at radius 1 is 1.03 bits per heavy atom. The maximum absolute atomic E-state index is 13.2. The number of carbonyl (C=O) groups excluding carboxylic acids is 1. The maximum Gasteiger partial charge on any atom is 0.418 e. The Hall–Kier alpha value is -3.73. The van der Waals surface area contributed by atoms with Crippen molar-refractivity contribution in [2.75, 3.05) is 18.2 Å².